The lowest BCUT2D eigenvalue weighted by molar-refractivity contribution is 0.141. The Labute approximate surface area is 141 Å². The molecule has 0 spiro atoms. The molecule has 1 aliphatic rings. The van der Waals surface area contributed by atoms with Crippen LogP contribution in [0.15, 0.2) is 18.2 Å². The first-order chi connectivity index (χ1) is 11.2. The van der Waals surface area contributed by atoms with Crippen molar-refractivity contribution in [3.8, 4) is 5.75 Å². The van der Waals surface area contributed by atoms with Gasteiger partial charge in [-0.25, -0.2) is 0 Å². The zero-order valence-corrected chi connectivity index (χ0v) is 14.9. The first kappa shape index (κ1) is 18.1. The molecule has 2 rings (SSSR count). The highest BCUT2D eigenvalue weighted by molar-refractivity contribution is 5.61. The van der Waals surface area contributed by atoms with Crippen LogP contribution >= 0.6 is 0 Å². The number of aliphatic hydroxyl groups is 1. The molecule has 130 valence electrons. The van der Waals surface area contributed by atoms with Crippen LogP contribution in [0.5, 0.6) is 5.75 Å². The molecule has 0 aliphatic carbocycles. The SMILES string of the molecule is CCCN(CCC)CCC(O)c1ccc2c(c1)OCCN2CC. The quantitative estimate of drug-likeness (QED) is 0.756. The molecular weight excluding hydrogens is 288 g/mol. The largest absolute Gasteiger partial charge is 0.490 e. The van der Waals surface area contributed by atoms with Crippen molar-refractivity contribution >= 4 is 5.69 Å². The van der Waals surface area contributed by atoms with E-state index in [0.717, 1.165) is 75.6 Å². The molecule has 0 bridgehead atoms. The Bertz CT molecular complexity index is 472. The number of hydrogen-bond acceptors (Lipinski definition) is 4. The Balaban J connectivity index is 1.98. The number of rotatable bonds is 9. The van der Waals surface area contributed by atoms with E-state index in [4.69, 9.17) is 4.74 Å². The smallest absolute Gasteiger partial charge is 0.143 e. The lowest BCUT2D eigenvalue weighted by Gasteiger charge is -2.31. The zero-order chi connectivity index (χ0) is 16.7. The number of benzene rings is 1. The summed E-state index contributed by atoms with van der Waals surface area (Å²) in [7, 11) is 0. The van der Waals surface area contributed by atoms with Crippen molar-refractivity contribution in [1.29, 1.82) is 0 Å². The van der Waals surface area contributed by atoms with E-state index < -0.39 is 6.10 Å². The van der Waals surface area contributed by atoms with Crippen molar-refractivity contribution in [1.82, 2.24) is 4.90 Å². The van der Waals surface area contributed by atoms with E-state index >= 15 is 0 Å². The summed E-state index contributed by atoms with van der Waals surface area (Å²) in [6.45, 7) is 12.4. The topological polar surface area (TPSA) is 35.9 Å². The summed E-state index contributed by atoms with van der Waals surface area (Å²) >= 11 is 0. The highest BCUT2D eigenvalue weighted by atomic mass is 16.5. The average molecular weight is 320 g/mol. The molecule has 1 heterocycles. The molecule has 0 radical (unpaired) electrons. The summed E-state index contributed by atoms with van der Waals surface area (Å²) in [5.74, 6) is 0.911. The van der Waals surface area contributed by atoms with Crippen LogP contribution in [-0.2, 0) is 0 Å². The van der Waals surface area contributed by atoms with Crippen LogP contribution in [0.25, 0.3) is 0 Å². The van der Waals surface area contributed by atoms with Crippen molar-refractivity contribution in [3.05, 3.63) is 23.8 Å². The average Bonchev–Trinajstić information content (AvgIpc) is 2.58. The number of ether oxygens (including phenoxy) is 1. The van der Waals surface area contributed by atoms with E-state index in [1.165, 1.54) is 0 Å². The van der Waals surface area contributed by atoms with Gasteiger partial charge in [-0.05, 0) is 57.0 Å². The Morgan fingerprint density at radius 1 is 1.17 bits per heavy atom. The summed E-state index contributed by atoms with van der Waals surface area (Å²) in [5, 5.41) is 10.5. The lowest BCUT2D eigenvalue weighted by atomic mass is 10.0. The molecule has 1 atom stereocenters. The number of hydrogen-bond donors (Lipinski definition) is 1. The maximum absolute atomic E-state index is 10.5. The van der Waals surface area contributed by atoms with E-state index in [1.54, 1.807) is 0 Å². The number of aliphatic hydroxyl groups excluding tert-OH is 1. The molecule has 1 aliphatic heterocycles. The Hall–Kier alpha value is -1.26. The van der Waals surface area contributed by atoms with Gasteiger partial charge in [0.15, 0.2) is 0 Å². The van der Waals surface area contributed by atoms with Crippen LogP contribution in [0.1, 0.15) is 51.7 Å². The van der Waals surface area contributed by atoms with Gasteiger partial charge in [0, 0.05) is 13.1 Å². The molecule has 0 saturated heterocycles. The molecule has 0 aromatic heterocycles. The molecule has 4 nitrogen and oxygen atoms in total. The first-order valence-corrected chi connectivity index (χ1v) is 9.11. The van der Waals surface area contributed by atoms with Gasteiger partial charge in [-0.2, -0.15) is 0 Å². The second-order valence-corrected chi connectivity index (χ2v) is 6.30. The Morgan fingerprint density at radius 2 is 1.91 bits per heavy atom. The van der Waals surface area contributed by atoms with Gasteiger partial charge in [0.25, 0.3) is 0 Å². The highest BCUT2D eigenvalue weighted by Gasteiger charge is 2.19. The van der Waals surface area contributed by atoms with Crippen LogP contribution in [0, 0.1) is 0 Å². The van der Waals surface area contributed by atoms with E-state index in [-0.39, 0.29) is 0 Å². The normalized spacial score (nSPS) is 15.4. The van der Waals surface area contributed by atoms with Crippen molar-refractivity contribution in [3.63, 3.8) is 0 Å². The van der Waals surface area contributed by atoms with Gasteiger partial charge in [-0.1, -0.05) is 19.9 Å². The van der Waals surface area contributed by atoms with E-state index in [0.29, 0.717) is 0 Å². The molecule has 1 aromatic carbocycles. The van der Waals surface area contributed by atoms with E-state index in [1.807, 2.05) is 12.1 Å². The molecular formula is C19H32N2O2. The fraction of sp³-hybridized carbons (Fsp3) is 0.684. The minimum absolute atomic E-state index is 0.419. The predicted molar refractivity (Wildman–Crippen MR) is 96.4 cm³/mol. The van der Waals surface area contributed by atoms with Crippen LogP contribution < -0.4 is 9.64 Å². The molecule has 0 fully saturated rings. The third-order valence-corrected chi connectivity index (χ3v) is 4.51. The summed E-state index contributed by atoms with van der Waals surface area (Å²) in [6.07, 6.45) is 2.68. The van der Waals surface area contributed by atoms with Crippen molar-refractivity contribution in [2.75, 3.05) is 44.2 Å². The fourth-order valence-corrected chi connectivity index (χ4v) is 3.27. The maximum Gasteiger partial charge on any atom is 0.143 e. The molecule has 4 heteroatoms. The minimum atomic E-state index is -0.419. The van der Waals surface area contributed by atoms with Crippen LogP contribution in [0.3, 0.4) is 0 Å². The number of nitrogens with zero attached hydrogens (tertiary/aromatic N) is 2. The summed E-state index contributed by atoms with van der Waals surface area (Å²) in [6, 6.07) is 6.16. The Morgan fingerprint density at radius 3 is 2.57 bits per heavy atom. The monoisotopic (exact) mass is 320 g/mol. The second-order valence-electron chi connectivity index (χ2n) is 6.30. The third-order valence-electron chi connectivity index (χ3n) is 4.51. The predicted octanol–water partition coefficient (Wildman–Crippen LogP) is 3.45. The molecule has 0 amide bonds. The first-order valence-electron chi connectivity index (χ1n) is 9.11. The van der Waals surface area contributed by atoms with Gasteiger partial charge in [0.05, 0.1) is 18.3 Å². The summed E-state index contributed by atoms with van der Waals surface area (Å²) in [4.78, 5) is 4.76. The van der Waals surface area contributed by atoms with Gasteiger partial charge >= 0.3 is 0 Å². The lowest BCUT2D eigenvalue weighted by Crippen LogP contribution is -2.32. The number of likely N-dealkylation sites (N-methyl/N-ethyl adjacent to an activating group) is 1. The van der Waals surface area contributed by atoms with Crippen LogP contribution in [0.2, 0.25) is 0 Å². The highest BCUT2D eigenvalue weighted by Crippen LogP contribution is 2.34. The second kappa shape index (κ2) is 9.14. The van der Waals surface area contributed by atoms with Crippen molar-refractivity contribution in [2.24, 2.45) is 0 Å². The summed E-state index contributed by atoms with van der Waals surface area (Å²) in [5.41, 5.74) is 2.11. The van der Waals surface area contributed by atoms with Crippen molar-refractivity contribution in [2.45, 2.75) is 46.1 Å². The minimum Gasteiger partial charge on any atom is -0.490 e. The zero-order valence-electron chi connectivity index (χ0n) is 14.9. The Kier molecular flexibility index (Phi) is 7.18. The molecule has 23 heavy (non-hydrogen) atoms. The van der Waals surface area contributed by atoms with Crippen LogP contribution in [0.4, 0.5) is 5.69 Å². The van der Waals surface area contributed by atoms with E-state index in [2.05, 4.69) is 36.6 Å². The number of fused-ring (bicyclic) bond motifs is 1. The van der Waals surface area contributed by atoms with Gasteiger partial charge in [-0.3, -0.25) is 0 Å². The van der Waals surface area contributed by atoms with Crippen LogP contribution in [-0.4, -0.2) is 49.3 Å². The maximum atomic E-state index is 10.5. The molecule has 0 saturated carbocycles. The van der Waals surface area contributed by atoms with Gasteiger partial charge in [0.1, 0.15) is 12.4 Å². The summed E-state index contributed by atoms with van der Waals surface area (Å²) < 4.78 is 5.79. The molecule has 1 unspecified atom stereocenters. The fourth-order valence-electron chi connectivity index (χ4n) is 3.27. The molecule has 1 N–H and O–H groups in total. The van der Waals surface area contributed by atoms with Crippen molar-refractivity contribution < 1.29 is 9.84 Å². The van der Waals surface area contributed by atoms with Gasteiger partial charge < -0.3 is 19.6 Å². The standard InChI is InChI=1S/C19H32N2O2/c1-4-10-20(11-5-2)12-9-18(22)16-7-8-17-19(15-16)23-14-13-21(17)6-3/h7-8,15,18,22H,4-6,9-14H2,1-3H3. The van der Waals surface area contributed by atoms with Gasteiger partial charge in [0.2, 0.25) is 0 Å². The van der Waals surface area contributed by atoms with E-state index in [9.17, 15) is 5.11 Å². The van der Waals surface area contributed by atoms with Gasteiger partial charge in [-0.15, -0.1) is 0 Å². The molecule has 1 aromatic rings. The number of anilines is 1. The third kappa shape index (κ3) is 4.85.